The second-order valence-corrected chi connectivity index (χ2v) is 6.65. The molecule has 0 bridgehead atoms. The number of imide groups is 1. The van der Waals surface area contributed by atoms with Crippen LogP contribution < -0.4 is 0 Å². The summed E-state index contributed by atoms with van der Waals surface area (Å²) in [6, 6.07) is 10.4. The zero-order chi connectivity index (χ0) is 17.6. The van der Waals surface area contributed by atoms with Gasteiger partial charge < -0.3 is 4.90 Å². The third kappa shape index (κ3) is 4.66. The van der Waals surface area contributed by atoms with Crippen molar-refractivity contribution < 1.29 is 14.4 Å². The molecule has 2 saturated heterocycles. The fourth-order valence-corrected chi connectivity index (χ4v) is 3.39. The Kier molecular flexibility index (Phi) is 5.81. The summed E-state index contributed by atoms with van der Waals surface area (Å²) in [5, 5.41) is 0. The van der Waals surface area contributed by atoms with Gasteiger partial charge in [-0.3, -0.25) is 24.2 Å². The molecule has 0 aromatic heterocycles. The molecular formula is C19H25N3O3. The van der Waals surface area contributed by atoms with Crippen molar-refractivity contribution in [3.05, 3.63) is 35.9 Å². The normalized spacial score (nSPS) is 18.9. The van der Waals surface area contributed by atoms with Crippen molar-refractivity contribution >= 4 is 17.7 Å². The third-order valence-corrected chi connectivity index (χ3v) is 4.99. The first-order valence-corrected chi connectivity index (χ1v) is 9.01. The zero-order valence-electron chi connectivity index (χ0n) is 14.5. The molecule has 0 radical (unpaired) electrons. The first-order chi connectivity index (χ1) is 12.1. The van der Waals surface area contributed by atoms with Crippen molar-refractivity contribution in [3.63, 3.8) is 0 Å². The van der Waals surface area contributed by atoms with E-state index >= 15 is 0 Å². The molecule has 0 atom stereocenters. The number of benzene rings is 1. The lowest BCUT2D eigenvalue weighted by Gasteiger charge is -2.35. The molecule has 3 amide bonds. The van der Waals surface area contributed by atoms with Gasteiger partial charge >= 0.3 is 0 Å². The van der Waals surface area contributed by atoms with Crippen molar-refractivity contribution in [2.45, 2.75) is 25.7 Å². The lowest BCUT2D eigenvalue weighted by atomic mass is 10.1. The van der Waals surface area contributed by atoms with Crippen LogP contribution >= 0.6 is 0 Å². The predicted molar refractivity (Wildman–Crippen MR) is 93.7 cm³/mol. The van der Waals surface area contributed by atoms with Crippen molar-refractivity contribution in [2.75, 3.05) is 39.3 Å². The molecule has 3 rings (SSSR count). The minimum atomic E-state index is -0.150. The van der Waals surface area contributed by atoms with Crippen molar-refractivity contribution in [1.29, 1.82) is 0 Å². The average molecular weight is 343 g/mol. The highest BCUT2D eigenvalue weighted by Gasteiger charge is 2.29. The average Bonchev–Trinajstić information content (AvgIpc) is 2.97. The number of piperazine rings is 1. The van der Waals surface area contributed by atoms with Gasteiger partial charge in [0.15, 0.2) is 0 Å². The highest BCUT2D eigenvalue weighted by atomic mass is 16.2. The molecule has 0 aliphatic carbocycles. The lowest BCUT2D eigenvalue weighted by Crippen LogP contribution is -2.49. The Bertz CT molecular complexity index is 608. The molecule has 0 N–H and O–H groups in total. The van der Waals surface area contributed by atoms with Crippen LogP contribution in [0.1, 0.15) is 24.8 Å². The van der Waals surface area contributed by atoms with Crippen LogP contribution in [-0.2, 0) is 20.8 Å². The molecule has 0 saturated carbocycles. The predicted octanol–water partition coefficient (Wildman–Crippen LogP) is 0.912. The quantitative estimate of drug-likeness (QED) is 0.721. The summed E-state index contributed by atoms with van der Waals surface area (Å²) < 4.78 is 0. The zero-order valence-corrected chi connectivity index (χ0v) is 14.5. The van der Waals surface area contributed by atoms with Gasteiger partial charge in [0.2, 0.25) is 17.7 Å². The van der Waals surface area contributed by atoms with E-state index < -0.39 is 0 Å². The summed E-state index contributed by atoms with van der Waals surface area (Å²) in [6.45, 7) is 4.42. The van der Waals surface area contributed by atoms with Crippen molar-refractivity contribution in [1.82, 2.24) is 14.7 Å². The topological polar surface area (TPSA) is 60.9 Å². The molecule has 6 heteroatoms. The Hall–Kier alpha value is -2.21. The number of nitrogens with zero attached hydrogens (tertiary/aromatic N) is 3. The number of hydrogen-bond donors (Lipinski definition) is 0. The van der Waals surface area contributed by atoms with E-state index in [1.54, 1.807) is 0 Å². The summed E-state index contributed by atoms with van der Waals surface area (Å²) in [6.07, 6.45) is 1.83. The summed E-state index contributed by atoms with van der Waals surface area (Å²) in [4.78, 5) is 40.9. The SMILES string of the molecule is O=C(CCN1C(=O)CCC1=O)N1CCN(CCc2ccccc2)CC1. The van der Waals surface area contributed by atoms with Crippen LogP contribution in [0.2, 0.25) is 0 Å². The third-order valence-electron chi connectivity index (χ3n) is 4.99. The van der Waals surface area contributed by atoms with Gasteiger partial charge in [-0.1, -0.05) is 30.3 Å². The molecule has 0 unspecified atom stereocenters. The number of amides is 3. The number of rotatable bonds is 6. The van der Waals surface area contributed by atoms with Gasteiger partial charge in [0.1, 0.15) is 0 Å². The van der Waals surface area contributed by atoms with E-state index in [0.29, 0.717) is 0 Å². The summed E-state index contributed by atoms with van der Waals surface area (Å²) in [5.41, 5.74) is 1.33. The van der Waals surface area contributed by atoms with Crippen LogP contribution in [0.4, 0.5) is 0 Å². The number of carbonyl (C=O) groups is 3. The molecule has 2 aliphatic heterocycles. The van der Waals surface area contributed by atoms with Crippen LogP contribution in [-0.4, -0.2) is 71.7 Å². The van der Waals surface area contributed by atoms with Crippen LogP contribution in [0.5, 0.6) is 0 Å². The maximum absolute atomic E-state index is 12.3. The maximum atomic E-state index is 12.3. The molecule has 6 nitrogen and oxygen atoms in total. The second-order valence-electron chi connectivity index (χ2n) is 6.65. The Morgan fingerprint density at radius 2 is 1.52 bits per heavy atom. The fourth-order valence-electron chi connectivity index (χ4n) is 3.39. The molecular weight excluding hydrogens is 318 g/mol. The Morgan fingerprint density at radius 3 is 2.16 bits per heavy atom. The monoisotopic (exact) mass is 343 g/mol. The molecule has 25 heavy (non-hydrogen) atoms. The number of carbonyl (C=O) groups excluding carboxylic acids is 3. The largest absolute Gasteiger partial charge is 0.340 e. The minimum Gasteiger partial charge on any atom is -0.340 e. The minimum absolute atomic E-state index is 0.0372. The van der Waals surface area contributed by atoms with Gasteiger partial charge in [-0.25, -0.2) is 0 Å². The molecule has 0 spiro atoms. The van der Waals surface area contributed by atoms with E-state index in [9.17, 15) is 14.4 Å². The first kappa shape index (κ1) is 17.6. The second kappa shape index (κ2) is 8.25. The Balaban J connectivity index is 1.37. The fraction of sp³-hybridized carbons (Fsp3) is 0.526. The van der Waals surface area contributed by atoms with E-state index in [4.69, 9.17) is 0 Å². The first-order valence-electron chi connectivity index (χ1n) is 9.01. The summed E-state index contributed by atoms with van der Waals surface area (Å²) >= 11 is 0. The highest BCUT2D eigenvalue weighted by molar-refractivity contribution is 6.02. The molecule has 2 fully saturated rings. The van der Waals surface area contributed by atoms with Crippen LogP contribution in [0.15, 0.2) is 30.3 Å². The van der Waals surface area contributed by atoms with Gasteiger partial charge in [-0.15, -0.1) is 0 Å². The van der Waals surface area contributed by atoms with E-state index in [-0.39, 0.29) is 43.5 Å². The van der Waals surface area contributed by atoms with Gasteiger partial charge in [0.25, 0.3) is 0 Å². The van der Waals surface area contributed by atoms with Crippen LogP contribution in [0, 0.1) is 0 Å². The highest BCUT2D eigenvalue weighted by Crippen LogP contribution is 2.13. The maximum Gasteiger partial charge on any atom is 0.229 e. The van der Waals surface area contributed by atoms with E-state index in [0.717, 1.165) is 39.1 Å². The summed E-state index contributed by atoms with van der Waals surface area (Å²) in [7, 11) is 0. The van der Waals surface area contributed by atoms with Gasteiger partial charge in [-0.05, 0) is 12.0 Å². The molecule has 2 aliphatic rings. The van der Waals surface area contributed by atoms with E-state index in [1.807, 2.05) is 11.0 Å². The Labute approximate surface area is 148 Å². The van der Waals surface area contributed by atoms with Gasteiger partial charge in [0, 0.05) is 58.5 Å². The van der Waals surface area contributed by atoms with Crippen LogP contribution in [0.3, 0.4) is 0 Å². The van der Waals surface area contributed by atoms with Crippen LogP contribution in [0.25, 0.3) is 0 Å². The smallest absolute Gasteiger partial charge is 0.229 e. The molecule has 134 valence electrons. The standard InChI is InChI=1S/C19H25N3O3/c23-17(9-11-22-18(24)6-7-19(22)25)21-14-12-20(13-15-21)10-8-16-4-2-1-3-5-16/h1-5H,6-15H2. The lowest BCUT2D eigenvalue weighted by molar-refractivity contribution is -0.139. The molecule has 1 aromatic rings. The van der Waals surface area contributed by atoms with E-state index in [2.05, 4.69) is 29.2 Å². The van der Waals surface area contributed by atoms with E-state index in [1.165, 1.54) is 10.5 Å². The molecule has 1 aromatic carbocycles. The Morgan fingerprint density at radius 1 is 0.880 bits per heavy atom. The van der Waals surface area contributed by atoms with Crippen molar-refractivity contribution in [2.24, 2.45) is 0 Å². The van der Waals surface area contributed by atoms with Gasteiger partial charge in [0.05, 0.1) is 0 Å². The number of hydrogen-bond acceptors (Lipinski definition) is 4. The van der Waals surface area contributed by atoms with Gasteiger partial charge in [-0.2, -0.15) is 0 Å². The molecule has 2 heterocycles. The summed E-state index contributed by atoms with van der Waals surface area (Å²) in [5.74, 6) is -0.262. The van der Waals surface area contributed by atoms with Crippen molar-refractivity contribution in [3.8, 4) is 0 Å². The number of likely N-dealkylation sites (tertiary alicyclic amines) is 1.